The Morgan fingerprint density at radius 2 is 1.68 bits per heavy atom. The molecule has 0 spiro atoms. The SMILES string of the molecule is Cc1cscc1-c1cccc(C(CC(=O)OC(C)(C)C)C(=O)c2c(F)cccc2F)c1. The third kappa shape index (κ3) is 5.44. The number of ketones is 1. The van der Waals surface area contributed by atoms with E-state index in [-0.39, 0.29) is 6.42 Å². The van der Waals surface area contributed by atoms with E-state index in [4.69, 9.17) is 4.74 Å². The molecule has 0 bridgehead atoms. The van der Waals surface area contributed by atoms with Crippen LogP contribution in [0.1, 0.15) is 54.6 Å². The molecule has 3 aromatic rings. The highest BCUT2D eigenvalue weighted by molar-refractivity contribution is 7.08. The van der Waals surface area contributed by atoms with Crippen molar-refractivity contribution in [2.75, 3.05) is 0 Å². The van der Waals surface area contributed by atoms with E-state index in [1.54, 1.807) is 50.3 Å². The maximum absolute atomic E-state index is 14.4. The van der Waals surface area contributed by atoms with E-state index in [2.05, 4.69) is 0 Å². The number of benzene rings is 2. The molecule has 6 heteroatoms. The summed E-state index contributed by atoms with van der Waals surface area (Å²) in [5.74, 6) is -4.39. The van der Waals surface area contributed by atoms with Crippen LogP contribution in [0.2, 0.25) is 0 Å². The topological polar surface area (TPSA) is 43.4 Å². The number of hydrogen-bond donors (Lipinski definition) is 0. The molecule has 0 saturated heterocycles. The lowest BCUT2D eigenvalue weighted by molar-refractivity contribution is -0.155. The monoisotopic (exact) mass is 442 g/mol. The van der Waals surface area contributed by atoms with Crippen molar-refractivity contribution in [3.05, 3.63) is 81.5 Å². The highest BCUT2D eigenvalue weighted by Gasteiger charge is 2.31. The van der Waals surface area contributed by atoms with Gasteiger partial charge in [-0.15, -0.1) is 0 Å². The van der Waals surface area contributed by atoms with Gasteiger partial charge in [-0.2, -0.15) is 11.3 Å². The molecule has 0 amide bonds. The van der Waals surface area contributed by atoms with Crippen molar-refractivity contribution in [1.82, 2.24) is 0 Å². The summed E-state index contributed by atoms with van der Waals surface area (Å²) in [4.78, 5) is 25.8. The number of carbonyl (C=O) groups is 2. The summed E-state index contributed by atoms with van der Waals surface area (Å²) in [6, 6.07) is 10.4. The van der Waals surface area contributed by atoms with E-state index in [1.165, 1.54) is 6.07 Å². The summed E-state index contributed by atoms with van der Waals surface area (Å²) in [6.07, 6.45) is -0.323. The Bertz CT molecular complexity index is 1090. The lowest BCUT2D eigenvalue weighted by atomic mass is 9.86. The third-order valence-electron chi connectivity index (χ3n) is 4.77. The fraction of sp³-hybridized carbons (Fsp3) is 0.280. The molecule has 1 aromatic heterocycles. The number of esters is 1. The van der Waals surface area contributed by atoms with Gasteiger partial charge in [0.25, 0.3) is 0 Å². The number of hydrogen-bond acceptors (Lipinski definition) is 4. The van der Waals surface area contributed by atoms with Crippen LogP contribution in [0.3, 0.4) is 0 Å². The summed E-state index contributed by atoms with van der Waals surface area (Å²) < 4.78 is 34.1. The fourth-order valence-corrected chi connectivity index (χ4v) is 4.26. The third-order valence-corrected chi connectivity index (χ3v) is 5.63. The molecule has 1 atom stereocenters. The van der Waals surface area contributed by atoms with Gasteiger partial charge in [0.1, 0.15) is 17.2 Å². The molecule has 0 N–H and O–H groups in total. The lowest BCUT2D eigenvalue weighted by Gasteiger charge is -2.22. The summed E-state index contributed by atoms with van der Waals surface area (Å²) in [7, 11) is 0. The number of Topliss-reactive ketones (excluding diaryl/α,β-unsaturated/α-hetero) is 1. The van der Waals surface area contributed by atoms with Gasteiger partial charge >= 0.3 is 5.97 Å². The Morgan fingerprint density at radius 1 is 1.03 bits per heavy atom. The normalized spacial score (nSPS) is 12.5. The van der Waals surface area contributed by atoms with Crippen LogP contribution in [0.4, 0.5) is 8.78 Å². The number of aryl methyl sites for hydroxylation is 1. The van der Waals surface area contributed by atoms with E-state index in [1.807, 2.05) is 23.8 Å². The zero-order valence-electron chi connectivity index (χ0n) is 17.9. The van der Waals surface area contributed by atoms with Crippen LogP contribution in [-0.4, -0.2) is 17.4 Å². The smallest absolute Gasteiger partial charge is 0.307 e. The van der Waals surface area contributed by atoms with Crippen molar-refractivity contribution in [3.8, 4) is 11.1 Å². The highest BCUT2D eigenvalue weighted by Crippen LogP contribution is 2.33. The Balaban J connectivity index is 2.05. The Morgan fingerprint density at radius 3 is 2.26 bits per heavy atom. The largest absolute Gasteiger partial charge is 0.460 e. The van der Waals surface area contributed by atoms with Crippen molar-refractivity contribution < 1.29 is 23.1 Å². The first-order valence-corrected chi connectivity index (χ1v) is 10.8. The molecular weight excluding hydrogens is 418 g/mol. The Labute approximate surface area is 184 Å². The van der Waals surface area contributed by atoms with Crippen LogP contribution in [0, 0.1) is 18.6 Å². The van der Waals surface area contributed by atoms with Gasteiger partial charge in [-0.1, -0.05) is 30.3 Å². The molecule has 0 aliphatic carbocycles. The molecular formula is C25H24F2O3S. The van der Waals surface area contributed by atoms with Gasteiger partial charge in [0.2, 0.25) is 0 Å². The molecule has 1 heterocycles. The zero-order chi connectivity index (χ0) is 22.8. The van der Waals surface area contributed by atoms with E-state index < -0.39 is 40.5 Å². The molecule has 2 aromatic carbocycles. The quantitative estimate of drug-likeness (QED) is 0.315. The standard InChI is InChI=1S/C25H24F2O3S/c1-15-13-31-14-19(15)17-8-5-7-16(11-17)18(12-22(28)30-25(2,3)4)24(29)23-20(26)9-6-10-21(23)27/h5-11,13-14,18H,12H2,1-4H3. The van der Waals surface area contributed by atoms with Crippen LogP contribution in [0.5, 0.6) is 0 Å². The minimum Gasteiger partial charge on any atom is -0.460 e. The Kier molecular flexibility index (Phi) is 6.70. The minimum atomic E-state index is -1.08. The molecule has 0 fully saturated rings. The molecule has 0 aliphatic rings. The molecule has 3 nitrogen and oxygen atoms in total. The number of halogens is 2. The summed E-state index contributed by atoms with van der Waals surface area (Å²) >= 11 is 1.56. The van der Waals surface area contributed by atoms with Crippen LogP contribution in [-0.2, 0) is 9.53 Å². The number of thiophene rings is 1. The van der Waals surface area contributed by atoms with Gasteiger partial charge < -0.3 is 4.74 Å². The molecule has 3 rings (SSSR count). The second-order valence-electron chi connectivity index (χ2n) is 8.40. The molecule has 0 aliphatic heterocycles. The molecule has 31 heavy (non-hydrogen) atoms. The van der Waals surface area contributed by atoms with Crippen LogP contribution < -0.4 is 0 Å². The van der Waals surface area contributed by atoms with E-state index in [0.717, 1.165) is 28.8 Å². The molecule has 0 saturated carbocycles. The molecule has 162 valence electrons. The number of rotatable bonds is 6. The lowest BCUT2D eigenvalue weighted by Crippen LogP contribution is -2.27. The van der Waals surface area contributed by atoms with Gasteiger partial charge in [0.05, 0.1) is 17.9 Å². The highest BCUT2D eigenvalue weighted by atomic mass is 32.1. The maximum atomic E-state index is 14.4. The van der Waals surface area contributed by atoms with E-state index in [9.17, 15) is 18.4 Å². The van der Waals surface area contributed by atoms with Crippen LogP contribution >= 0.6 is 11.3 Å². The first-order chi connectivity index (χ1) is 14.6. The summed E-state index contributed by atoms with van der Waals surface area (Å²) in [5.41, 5.74) is 2.07. The summed E-state index contributed by atoms with van der Waals surface area (Å²) in [5, 5.41) is 4.01. The van der Waals surface area contributed by atoms with Gasteiger partial charge in [0, 0.05) is 0 Å². The predicted molar refractivity (Wildman–Crippen MR) is 118 cm³/mol. The Hall–Kier alpha value is -2.86. The average molecular weight is 443 g/mol. The second kappa shape index (κ2) is 9.10. The maximum Gasteiger partial charge on any atom is 0.307 e. The van der Waals surface area contributed by atoms with Crippen LogP contribution in [0.15, 0.2) is 53.2 Å². The number of carbonyl (C=O) groups excluding carboxylic acids is 2. The van der Waals surface area contributed by atoms with Gasteiger partial charge in [-0.05, 0) is 72.8 Å². The van der Waals surface area contributed by atoms with Gasteiger partial charge in [0.15, 0.2) is 5.78 Å². The van der Waals surface area contributed by atoms with Gasteiger partial charge in [-0.3, -0.25) is 9.59 Å². The van der Waals surface area contributed by atoms with Crippen LogP contribution in [0.25, 0.3) is 11.1 Å². The minimum absolute atomic E-state index is 0.323. The van der Waals surface area contributed by atoms with Gasteiger partial charge in [-0.25, -0.2) is 8.78 Å². The second-order valence-corrected chi connectivity index (χ2v) is 9.14. The van der Waals surface area contributed by atoms with Crippen molar-refractivity contribution >= 4 is 23.1 Å². The first kappa shape index (κ1) is 22.8. The van der Waals surface area contributed by atoms with Crippen molar-refractivity contribution in [2.45, 2.75) is 45.6 Å². The first-order valence-electron chi connectivity index (χ1n) is 9.90. The van der Waals surface area contributed by atoms with E-state index in [0.29, 0.717) is 5.56 Å². The predicted octanol–water partition coefficient (Wildman–Crippen LogP) is 6.70. The average Bonchev–Trinajstić information content (AvgIpc) is 3.10. The van der Waals surface area contributed by atoms with Crippen molar-refractivity contribution in [1.29, 1.82) is 0 Å². The van der Waals surface area contributed by atoms with Crippen molar-refractivity contribution in [2.24, 2.45) is 0 Å². The number of ether oxygens (including phenoxy) is 1. The fourth-order valence-electron chi connectivity index (χ4n) is 3.40. The molecule has 0 radical (unpaired) electrons. The molecule has 1 unspecified atom stereocenters. The van der Waals surface area contributed by atoms with E-state index >= 15 is 0 Å². The summed E-state index contributed by atoms with van der Waals surface area (Å²) in [6.45, 7) is 7.14. The zero-order valence-corrected chi connectivity index (χ0v) is 18.7. The van der Waals surface area contributed by atoms with Crippen molar-refractivity contribution in [3.63, 3.8) is 0 Å².